The molecule has 2 aromatic carbocycles. The van der Waals surface area contributed by atoms with Gasteiger partial charge in [0.1, 0.15) is 0 Å². The highest BCUT2D eigenvalue weighted by Crippen LogP contribution is 2.30. The third kappa shape index (κ3) is 4.73. The van der Waals surface area contributed by atoms with Crippen LogP contribution >= 0.6 is 0 Å². The first-order chi connectivity index (χ1) is 11.9. The first kappa shape index (κ1) is 18.3. The van der Waals surface area contributed by atoms with Crippen LogP contribution in [0, 0.1) is 6.92 Å². The lowest BCUT2D eigenvalue weighted by molar-refractivity contribution is -0.136. The predicted molar refractivity (Wildman–Crippen MR) is 94.6 cm³/mol. The Balaban J connectivity index is 2.19. The lowest BCUT2D eigenvalue weighted by Gasteiger charge is -2.13. The molecule has 0 unspecified atom stereocenters. The second-order valence-corrected chi connectivity index (χ2v) is 5.57. The minimum atomic E-state index is -0.851. The molecular weight excluding hydrogens is 322 g/mol. The van der Waals surface area contributed by atoms with Crippen molar-refractivity contribution in [2.45, 2.75) is 19.8 Å². The Hall–Kier alpha value is -3.02. The van der Waals surface area contributed by atoms with Crippen molar-refractivity contribution in [1.82, 2.24) is 0 Å². The number of aliphatic carboxylic acids is 1. The number of aryl methyl sites for hydroxylation is 2. The van der Waals surface area contributed by atoms with Crippen LogP contribution in [0.25, 0.3) is 0 Å². The van der Waals surface area contributed by atoms with Gasteiger partial charge in [-0.05, 0) is 48.7 Å². The summed E-state index contributed by atoms with van der Waals surface area (Å²) in [5.74, 6) is -0.0788. The average molecular weight is 343 g/mol. The molecule has 2 aromatic rings. The van der Waals surface area contributed by atoms with Gasteiger partial charge < -0.3 is 19.9 Å². The van der Waals surface area contributed by atoms with Crippen molar-refractivity contribution in [3.8, 4) is 11.5 Å². The summed E-state index contributed by atoms with van der Waals surface area (Å²) in [4.78, 5) is 23.3. The van der Waals surface area contributed by atoms with Crippen molar-refractivity contribution in [3.05, 3.63) is 53.1 Å². The molecule has 132 valence electrons. The predicted octanol–water partition coefficient (Wildman–Crippen LogP) is 3.28. The molecule has 0 aliphatic carbocycles. The summed E-state index contributed by atoms with van der Waals surface area (Å²) in [5, 5.41) is 11.6. The number of amides is 1. The number of nitrogens with one attached hydrogen (secondary N) is 1. The minimum absolute atomic E-state index is 0.0478. The van der Waals surface area contributed by atoms with Crippen LogP contribution in [0.15, 0.2) is 36.4 Å². The zero-order valence-corrected chi connectivity index (χ0v) is 14.5. The number of carbonyl (C=O) groups excluding carboxylic acids is 1. The number of rotatable bonds is 7. The molecule has 0 aliphatic heterocycles. The van der Waals surface area contributed by atoms with E-state index in [4.69, 9.17) is 14.6 Å². The number of methoxy groups -OCH3 is 2. The molecular formula is C19H21NO5. The average Bonchev–Trinajstić information content (AvgIpc) is 2.59. The Kier molecular flexibility index (Phi) is 6.00. The Labute approximate surface area is 146 Å². The van der Waals surface area contributed by atoms with Crippen molar-refractivity contribution < 1.29 is 24.2 Å². The molecule has 0 radical (unpaired) electrons. The maximum atomic E-state index is 12.6. The van der Waals surface area contributed by atoms with E-state index in [-0.39, 0.29) is 12.3 Å². The maximum Gasteiger partial charge on any atom is 0.303 e. The van der Waals surface area contributed by atoms with E-state index in [1.165, 1.54) is 7.11 Å². The van der Waals surface area contributed by atoms with Crippen LogP contribution in [-0.2, 0) is 11.2 Å². The Morgan fingerprint density at radius 1 is 1.08 bits per heavy atom. The van der Waals surface area contributed by atoms with Crippen molar-refractivity contribution in [3.63, 3.8) is 0 Å². The number of carbonyl (C=O) groups is 2. The Bertz CT molecular complexity index is 785. The van der Waals surface area contributed by atoms with Gasteiger partial charge in [-0.3, -0.25) is 9.59 Å². The van der Waals surface area contributed by atoms with Gasteiger partial charge in [-0.25, -0.2) is 0 Å². The van der Waals surface area contributed by atoms with E-state index in [1.54, 1.807) is 37.4 Å². The van der Waals surface area contributed by atoms with Crippen LogP contribution in [0.4, 0.5) is 5.69 Å². The third-order valence-electron chi connectivity index (χ3n) is 3.79. The molecule has 0 saturated carbocycles. The van der Waals surface area contributed by atoms with E-state index < -0.39 is 5.97 Å². The first-order valence-corrected chi connectivity index (χ1v) is 7.79. The van der Waals surface area contributed by atoms with Gasteiger partial charge in [0.05, 0.1) is 14.2 Å². The second-order valence-electron chi connectivity index (χ2n) is 5.57. The number of anilines is 1. The Morgan fingerprint density at radius 3 is 2.40 bits per heavy atom. The fourth-order valence-corrected chi connectivity index (χ4v) is 2.48. The van der Waals surface area contributed by atoms with Crippen LogP contribution in [0.3, 0.4) is 0 Å². The fraction of sp³-hybridized carbons (Fsp3) is 0.263. The Morgan fingerprint density at radius 2 is 1.76 bits per heavy atom. The van der Waals surface area contributed by atoms with E-state index in [0.29, 0.717) is 29.2 Å². The highest BCUT2D eigenvalue weighted by atomic mass is 16.5. The summed E-state index contributed by atoms with van der Waals surface area (Å²) >= 11 is 0. The fourth-order valence-electron chi connectivity index (χ4n) is 2.48. The minimum Gasteiger partial charge on any atom is -0.493 e. The van der Waals surface area contributed by atoms with Gasteiger partial charge in [0.15, 0.2) is 11.5 Å². The number of ether oxygens (including phenoxy) is 2. The molecule has 25 heavy (non-hydrogen) atoms. The van der Waals surface area contributed by atoms with E-state index in [2.05, 4.69) is 5.32 Å². The van der Waals surface area contributed by atoms with Gasteiger partial charge in [0, 0.05) is 17.7 Å². The third-order valence-corrected chi connectivity index (χ3v) is 3.79. The van der Waals surface area contributed by atoms with E-state index in [1.807, 2.05) is 13.0 Å². The molecule has 0 heterocycles. The summed E-state index contributed by atoms with van der Waals surface area (Å²) in [6, 6.07) is 10.5. The first-order valence-electron chi connectivity index (χ1n) is 7.79. The topological polar surface area (TPSA) is 84.9 Å². The number of benzene rings is 2. The van der Waals surface area contributed by atoms with Crippen LogP contribution in [-0.4, -0.2) is 31.2 Å². The molecule has 2 N–H and O–H groups in total. The molecule has 0 bridgehead atoms. The summed E-state index contributed by atoms with van der Waals surface area (Å²) < 4.78 is 10.5. The zero-order valence-electron chi connectivity index (χ0n) is 14.5. The lowest BCUT2D eigenvalue weighted by Crippen LogP contribution is -2.14. The van der Waals surface area contributed by atoms with Gasteiger partial charge in [-0.15, -0.1) is 0 Å². The van der Waals surface area contributed by atoms with Crippen LogP contribution in [0.5, 0.6) is 11.5 Å². The monoisotopic (exact) mass is 343 g/mol. The molecule has 6 nitrogen and oxygen atoms in total. The lowest BCUT2D eigenvalue weighted by atomic mass is 10.1. The van der Waals surface area contributed by atoms with Crippen molar-refractivity contribution in [2.75, 3.05) is 19.5 Å². The van der Waals surface area contributed by atoms with E-state index >= 15 is 0 Å². The van der Waals surface area contributed by atoms with E-state index in [9.17, 15) is 9.59 Å². The normalized spacial score (nSPS) is 10.2. The molecule has 0 spiro atoms. The summed E-state index contributed by atoms with van der Waals surface area (Å²) in [7, 11) is 3.06. The molecule has 0 aliphatic rings. The van der Waals surface area contributed by atoms with E-state index in [0.717, 1.165) is 11.1 Å². The number of carboxylic acid groups (broad SMARTS) is 1. The SMILES string of the molecule is COc1cc(C)c(C(=O)Nc2cccc(CCC(=O)O)c2)cc1OC. The quantitative estimate of drug-likeness (QED) is 0.806. The number of hydrogen-bond donors (Lipinski definition) is 2. The highest BCUT2D eigenvalue weighted by Gasteiger charge is 2.15. The highest BCUT2D eigenvalue weighted by molar-refractivity contribution is 6.05. The number of hydrogen-bond acceptors (Lipinski definition) is 4. The van der Waals surface area contributed by atoms with Crippen LogP contribution in [0.1, 0.15) is 27.9 Å². The largest absolute Gasteiger partial charge is 0.493 e. The summed E-state index contributed by atoms with van der Waals surface area (Å²) in [6.07, 6.45) is 0.459. The van der Waals surface area contributed by atoms with Crippen LogP contribution < -0.4 is 14.8 Å². The zero-order chi connectivity index (χ0) is 18.4. The molecule has 0 fully saturated rings. The second kappa shape index (κ2) is 8.19. The smallest absolute Gasteiger partial charge is 0.303 e. The molecule has 2 rings (SSSR count). The molecule has 6 heteroatoms. The number of carboxylic acids is 1. The van der Waals surface area contributed by atoms with Crippen LogP contribution in [0.2, 0.25) is 0 Å². The van der Waals surface area contributed by atoms with Crippen molar-refractivity contribution in [1.29, 1.82) is 0 Å². The molecule has 1 amide bonds. The van der Waals surface area contributed by atoms with Gasteiger partial charge in [0.25, 0.3) is 5.91 Å². The van der Waals surface area contributed by atoms with Gasteiger partial charge in [-0.1, -0.05) is 12.1 Å². The maximum absolute atomic E-state index is 12.6. The summed E-state index contributed by atoms with van der Waals surface area (Å²) in [5.41, 5.74) is 2.71. The standard InChI is InChI=1S/C19H21NO5/c1-12-9-16(24-2)17(25-3)11-15(12)19(23)20-14-6-4-5-13(10-14)7-8-18(21)22/h4-6,9-11H,7-8H2,1-3H3,(H,20,23)(H,21,22). The molecule has 0 atom stereocenters. The van der Waals surface area contributed by atoms with Gasteiger partial charge >= 0.3 is 5.97 Å². The van der Waals surface area contributed by atoms with Crippen molar-refractivity contribution in [2.24, 2.45) is 0 Å². The van der Waals surface area contributed by atoms with Gasteiger partial charge in [-0.2, -0.15) is 0 Å². The molecule has 0 aromatic heterocycles. The molecule has 0 saturated heterocycles. The van der Waals surface area contributed by atoms with Crippen molar-refractivity contribution >= 4 is 17.6 Å². The van der Waals surface area contributed by atoms with Gasteiger partial charge in [0.2, 0.25) is 0 Å². The summed E-state index contributed by atoms with van der Waals surface area (Å²) in [6.45, 7) is 1.82.